The van der Waals surface area contributed by atoms with Crippen LogP contribution in [0.5, 0.6) is 5.75 Å². The van der Waals surface area contributed by atoms with E-state index in [0.717, 1.165) is 12.2 Å². The van der Waals surface area contributed by atoms with Gasteiger partial charge in [0.25, 0.3) is 0 Å². The van der Waals surface area contributed by atoms with E-state index < -0.39 is 0 Å². The lowest BCUT2D eigenvalue weighted by molar-refractivity contribution is 0.416. The molecular weight excluding hydrogens is 194 g/mol. The summed E-state index contributed by atoms with van der Waals surface area (Å²) in [6.45, 7) is 4.40. The normalized spacial score (nSPS) is 12.5. The number of rotatable bonds is 4. The molecule has 3 heteroatoms. The van der Waals surface area contributed by atoms with Crippen LogP contribution in [0.3, 0.4) is 0 Å². The summed E-state index contributed by atoms with van der Waals surface area (Å²) in [5.74, 6) is 0.762. The second-order valence-corrected chi connectivity index (χ2v) is 4.75. The molecule has 0 bridgehead atoms. The van der Waals surface area contributed by atoms with Crippen molar-refractivity contribution in [2.24, 2.45) is 0 Å². The third kappa shape index (κ3) is 2.84. The molecule has 2 nitrogen and oxygen atoms in total. The van der Waals surface area contributed by atoms with Crippen molar-refractivity contribution in [1.82, 2.24) is 0 Å². The highest BCUT2D eigenvalue weighted by atomic mass is 32.2. The lowest BCUT2D eigenvalue weighted by Gasteiger charge is -2.10. The largest absolute Gasteiger partial charge is 0.495 e. The number of nitrogen functional groups attached to an aromatic ring is 1. The summed E-state index contributed by atoms with van der Waals surface area (Å²) in [6, 6.07) is 5.92. The molecule has 0 saturated heterocycles. The molecule has 0 spiro atoms. The molecule has 0 radical (unpaired) electrons. The van der Waals surface area contributed by atoms with Gasteiger partial charge in [0.2, 0.25) is 0 Å². The lowest BCUT2D eigenvalue weighted by atomic mass is 10.3. The third-order valence-electron chi connectivity index (χ3n) is 2.12. The van der Waals surface area contributed by atoms with Gasteiger partial charge in [0.15, 0.2) is 0 Å². The van der Waals surface area contributed by atoms with Crippen molar-refractivity contribution >= 4 is 17.4 Å². The summed E-state index contributed by atoms with van der Waals surface area (Å²) < 4.78 is 5.16. The Morgan fingerprint density at radius 1 is 1.50 bits per heavy atom. The molecule has 1 aromatic carbocycles. The molecule has 0 aromatic heterocycles. The average Bonchev–Trinajstić information content (AvgIpc) is 2.20. The summed E-state index contributed by atoms with van der Waals surface area (Å²) in [5.41, 5.74) is 6.42. The highest BCUT2D eigenvalue weighted by Crippen LogP contribution is 2.31. The van der Waals surface area contributed by atoms with Crippen molar-refractivity contribution in [2.45, 2.75) is 30.4 Å². The second kappa shape index (κ2) is 5.15. The highest BCUT2D eigenvalue weighted by molar-refractivity contribution is 7.99. The predicted octanol–water partition coefficient (Wildman–Crippen LogP) is 3.17. The van der Waals surface area contributed by atoms with Gasteiger partial charge in [-0.05, 0) is 24.6 Å². The summed E-state index contributed by atoms with van der Waals surface area (Å²) in [5, 5.41) is 0.628. The maximum absolute atomic E-state index is 5.73. The Morgan fingerprint density at radius 2 is 2.21 bits per heavy atom. The number of benzene rings is 1. The fourth-order valence-corrected chi connectivity index (χ4v) is 2.03. The Labute approximate surface area is 89.8 Å². The highest BCUT2D eigenvalue weighted by Gasteiger charge is 2.04. The van der Waals surface area contributed by atoms with E-state index in [-0.39, 0.29) is 0 Å². The van der Waals surface area contributed by atoms with Crippen LogP contribution in [0.4, 0.5) is 5.69 Å². The first-order valence-electron chi connectivity index (χ1n) is 4.77. The topological polar surface area (TPSA) is 35.2 Å². The van der Waals surface area contributed by atoms with Crippen LogP contribution in [0.15, 0.2) is 23.1 Å². The number of anilines is 1. The van der Waals surface area contributed by atoms with E-state index in [1.54, 1.807) is 7.11 Å². The third-order valence-corrected chi connectivity index (χ3v) is 3.38. The lowest BCUT2D eigenvalue weighted by Crippen LogP contribution is -1.95. The zero-order valence-corrected chi connectivity index (χ0v) is 9.73. The van der Waals surface area contributed by atoms with Gasteiger partial charge in [0, 0.05) is 10.1 Å². The van der Waals surface area contributed by atoms with Gasteiger partial charge >= 0.3 is 0 Å². The fraction of sp³-hybridized carbons (Fsp3) is 0.455. The van der Waals surface area contributed by atoms with E-state index in [2.05, 4.69) is 13.8 Å². The van der Waals surface area contributed by atoms with Gasteiger partial charge in [0.05, 0.1) is 12.8 Å². The van der Waals surface area contributed by atoms with Crippen molar-refractivity contribution in [3.05, 3.63) is 18.2 Å². The molecule has 78 valence electrons. The van der Waals surface area contributed by atoms with Crippen LogP contribution in [0.1, 0.15) is 20.3 Å². The van der Waals surface area contributed by atoms with Crippen molar-refractivity contribution in [3.63, 3.8) is 0 Å². The van der Waals surface area contributed by atoms with E-state index in [1.807, 2.05) is 30.0 Å². The molecule has 14 heavy (non-hydrogen) atoms. The quantitative estimate of drug-likeness (QED) is 0.613. The van der Waals surface area contributed by atoms with Crippen molar-refractivity contribution in [1.29, 1.82) is 0 Å². The molecule has 0 aliphatic carbocycles. The molecule has 0 aliphatic heterocycles. The van der Waals surface area contributed by atoms with Crippen LogP contribution in [0, 0.1) is 0 Å². The van der Waals surface area contributed by atoms with Crippen LogP contribution < -0.4 is 10.5 Å². The van der Waals surface area contributed by atoms with Crippen LogP contribution >= 0.6 is 11.8 Å². The van der Waals surface area contributed by atoms with E-state index in [4.69, 9.17) is 10.5 Å². The van der Waals surface area contributed by atoms with Crippen LogP contribution in [-0.4, -0.2) is 12.4 Å². The number of hydrogen-bond acceptors (Lipinski definition) is 3. The maximum Gasteiger partial charge on any atom is 0.142 e. The molecule has 1 aromatic rings. The van der Waals surface area contributed by atoms with Gasteiger partial charge in [-0.15, -0.1) is 11.8 Å². The van der Waals surface area contributed by atoms with Gasteiger partial charge < -0.3 is 10.5 Å². The zero-order chi connectivity index (χ0) is 10.6. The molecule has 1 unspecified atom stereocenters. The van der Waals surface area contributed by atoms with Gasteiger partial charge in [-0.3, -0.25) is 0 Å². The predicted molar refractivity (Wildman–Crippen MR) is 63.0 cm³/mol. The maximum atomic E-state index is 5.73. The standard InChI is InChI=1S/C11H17NOS/c1-4-8(2)14-9-5-6-10(12)11(7-9)13-3/h5-8H,4,12H2,1-3H3. The van der Waals surface area contributed by atoms with Gasteiger partial charge in [-0.1, -0.05) is 13.8 Å². The first-order valence-corrected chi connectivity index (χ1v) is 5.65. The van der Waals surface area contributed by atoms with E-state index in [1.165, 1.54) is 4.90 Å². The summed E-state index contributed by atoms with van der Waals surface area (Å²) in [6.07, 6.45) is 1.16. The Balaban J connectivity index is 2.79. The molecule has 1 atom stereocenters. The number of ether oxygens (including phenoxy) is 1. The molecule has 0 heterocycles. The number of hydrogen-bond donors (Lipinski definition) is 1. The Bertz CT molecular complexity index is 301. The first kappa shape index (κ1) is 11.2. The Morgan fingerprint density at radius 3 is 2.79 bits per heavy atom. The van der Waals surface area contributed by atoms with Crippen molar-refractivity contribution in [3.8, 4) is 5.75 Å². The number of nitrogens with two attached hydrogens (primary N) is 1. The molecule has 0 saturated carbocycles. The van der Waals surface area contributed by atoms with E-state index >= 15 is 0 Å². The summed E-state index contributed by atoms with van der Waals surface area (Å²) in [7, 11) is 1.64. The van der Waals surface area contributed by atoms with Crippen LogP contribution in [0.25, 0.3) is 0 Å². The molecule has 0 fully saturated rings. The zero-order valence-electron chi connectivity index (χ0n) is 8.91. The molecule has 2 N–H and O–H groups in total. The summed E-state index contributed by atoms with van der Waals surface area (Å²) >= 11 is 1.85. The molecular formula is C11H17NOS. The van der Waals surface area contributed by atoms with Gasteiger partial charge in [-0.2, -0.15) is 0 Å². The SMILES string of the molecule is CCC(C)Sc1ccc(N)c(OC)c1. The van der Waals surface area contributed by atoms with E-state index in [0.29, 0.717) is 10.9 Å². The molecule has 0 aliphatic rings. The molecule has 0 amide bonds. The van der Waals surface area contributed by atoms with Crippen LogP contribution in [0.2, 0.25) is 0 Å². The second-order valence-electron chi connectivity index (χ2n) is 3.24. The average molecular weight is 211 g/mol. The summed E-state index contributed by atoms with van der Waals surface area (Å²) in [4.78, 5) is 1.21. The first-order chi connectivity index (χ1) is 6.67. The van der Waals surface area contributed by atoms with Crippen molar-refractivity contribution in [2.75, 3.05) is 12.8 Å². The Kier molecular flexibility index (Phi) is 4.14. The van der Waals surface area contributed by atoms with Crippen LogP contribution in [-0.2, 0) is 0 Å². The fourth-order valence-electron chi connectivity index (χ4n) is 1.08. The van der Waals surface area contributed by atoms with Crippen molar-refractivity contribution < 1.29 is 4.74 Å². The van der Waals surface area contributed by atoms with E-state index in [9.17, 15) is 0 Å². The number of thioether (sulfide) groups is 1. The minimum absolute atomic E-state index is 0.628. The minimum atomic E-state index is 0.628. The van der Waals surface area contributed by atoms with Gasteiger partial charge in [0.1, 0.15) is 5.75 Å². The number of methoxy groups -OCH3 is 1. The monoisotopic (exact) mass is 211 g/mol. The Hall–Kier alpha value is -0.830. The minimum Gasteiger partial charge on any atom is -0.495 e. The molecule has 1 rings (SSSR count). The van der Waals surface area contributed by atoms with Gasteiger partial charge in [-0.25, -0.2) is 0 Å². The smallest absolute Gasteiger partial charge is 0.142 e.